The van der Waals surface area contributed by atoms with Crippen molar-refractivity contribution in [1.82, 2.24) is 15.1 Å². The molecule has 1 aromatic heterocycles. The van der Waals surface area contributed by atoms with E-state index in [1.807, 2.05) is 20.9 Å². The Morgan fingerprint density at radius 1 is 1.10 bits per heavy atom. The first-order chi connectivity index (χ1) is 10.0. The SMILES string of the molecule is Cc1n[nH]c(C)c1C(=O)N(C)C1C2CC3CC(C2)CC1C3. The first-order valence-corrected chi connectivity index (χ1v) is 8.33. The van der Waals surface area contributed by atoms with Crippen molar-refractivity contribution < 1.29 is 4.79 Å². The molecule has 1 N–H and O–H groups in total. The lowest BCUT2D eigenvalue weighted by atomic mass is 9.54. The van der Waals surface area contributed by atoms with Gasteiger partial charge in [0.05, 0.1) is 11.3 Å². The zero-order chi connectivity index (χ0) is 14.7. The molecule has 0 unspecified atom stereocenters. The maximum absolute atomic E-state index is 12.9. The minimum absolute atomic E-state index is 0.163. The van der Waals surface area contributed by atoms with Crippen LogP contribution in [0.4, 0.5) is 0 Å². The number of carbonyl (C=O) groups is 1. The van der Waals surface area contributed by atoms with Gasteiger partial charge in [0.25, 0.3) is 5.91 Å². The quantitative estimate of drug-likeness (QED) is 0.909. The lowest BCUT2D eigenvalue weighted by Crippen LogP contribution is -2.56. The summed E-state index contributed by atoms with van der Waals surface area (Å²) in [6.07, 6.45) is 6.84. The Balaban J connectivity index is 1.60. The molecule has 4 heteroatoms. The Morgan fingerprint density at radius 3 is 2.14 bits per heavy atom. The lowest BCUT2D eigenvalue weighted by molar-refractivity contribution is -0.0491. The van der Waals surface area contributed by atoms with E-state index in [0.717, 1.165) is 40.6 Å². The molecule has 0 spiro atoms. The predicted octanol–water partition coefficient (Wildman–Crippen LogP) is 2.92. The summed E-state index contributed by atoms with van der Waals surface area (Å²) in [6.45, 7) is 3.86. The number of nitrogens with one attached hydrogen (secondary N) is 1. The predicted molar refractivity (Wildman–Crippen MR) is 81.0 cm³/mol. The lowest BCUT2D eigenvalue weighted by Gasteiger charge is -2.56. The second kappa shape index (κ2) is 4.59. The van der Waals surface area contributed by atoms with Crippen molar-refractivity contribution in [2.24, 2.45) is 23.7 Å². The summed E-state index contributed by atoms with van der Waals surface area (Å²) >= 11 is 0. The molecule has 0 aromatic carbocycles. The minimum atomic E-state index is 0.163. The Morgan fingerprint density at radius 2 is 1.67 bits per heavy atom. The zero-order valence-electron chi connectivity index (χ0n) is 13.2. The van der Waals surface area contributed by atoms with Crippen molar-refractivity contribution in [3.8, 4) is 0 Å². The normalized spacial score (nSPS) is 37.0. The van der Waals surface area contributed by atoms with Crippen LogP contribution in [0.25, 0.3) is 0 Å². The Kier molecular flexibility index (Phi) is 2.92. The highest BCUT2D eigenvalue weighted by Gasteiger charge is 2.50. The van der Waals surface area contributed by atoms with Gasteiger partial charge in [-0.05, 0) is 69.6 Å². The van der Waals surface area contributed by atoms with E-state index >= 15 is 0 Å². The van der Waals surface area contributed by atoms with Crippen molar-refractivity contribution >= 4 is 5.91 Å². The van der Waals surface area contributed by atoms with Crippen LogP contribution in [0.1, 0.15) is 53.8 Å². The Labute approximate surface area is 126 Å². The summed E-state index contributed by atoms with van der Waals surface area (Å²) < 4.78 is 0. The molecule has 1 amide bonds. The molecule has 4 aliphatic carbocycles. The molecule has 4 aliphatic rings. The van der Waals surface area contributed by atoms with E-state index in [4.69, 9.17) is 0 Å². The minimum Gasteiger partial charge on any atom is -0.338 e. The molecule has 21 heavy (non-hydrogen) atoms. The van der Waals surface area contributed by atoms with E-state index < -0.39 is 0 Å². The monoisotopic (exact) mass is 287 g/mol. The maximum Gasteiger partial charge on any atom is 0.257 e. The number of aryl methyl sites for hydroxylation is 2. The molecule has 1 aromatic rings. The third-order valence-electron chi connectivity index (χ3n) is 6.29. The van der Waals surface area contributed by atoms with Crippen LogP contribution < -0.4 is 0 Å². The topological polar surface area (TPSA) is 49.0 Å². The van der Waals surface area contributed by atoms with Gasteiger partial charge in [0.1, 0.15) is 0 Å². The van der Waals surface area contributed by atoms with Crippen LogP contribution in [-0.2, 0) is 0 Å². The Hall–Kier alpha value is -1.32. The number of rotatable bonds is 2. The van der Waals surface area contributed by atoms with Gasteiger partial charge in [0, 0.05) is 18.8 Å². The number of nitrogens with zero attached hydrogens (tertiary/aromatic N) is 2. The molecule has 1 heterocycles. The van der Waals surface area contributed by atoms with Gasteiger partial charge in [0.15, 0.2) is 0 Å². The van der Waals surface area contributed by atoms with Gasteiger partial charge in [-0.2, -0.15) is 5.10 Å². The second-order valence-corrected chi connectivity index (χ2v) is 7.65. The summed E-state index contributed by atoms with van der Waals surface area (Å²) in [7, 11) is 2.02. The summed E-state index contributed by atoms with van der Waals surface area (Å²) in [5.41, 5.74) is 2.51. The average Bonchev–Trinajstić information content (AvgIpc) is 2.76. The number of aromatic nitrogens is 2. The third kappa shape index (κ3) is 1.95. The van der Waals surface area contributed by atoms with Gasteiger partial charge in [-0.1, -0.05) is 0 Å². The van der Waals surface area contributed by atoms with Gasteiger partial charge < -0.3 is 4.90 Å². The number of hydrogen-bond donors (Lipinski definition) is 1. The first kappa shape index (κ1) is 13.4. The standard InChI is InChI=1S/C17H25N3O/c1-9-15(10(2)19-18-9)17(21)20(3)16-13-5-11-4-12(7-13)8-14(16)6-11/h11-14,16H,4-8H2,1-3H3,(H,18,19). The molecule has 4 bridgehead atoms. The van der Waals surface area contributed by atoms with Crippen molar-refractivity contribution in [2.45, 2.75) is 52.0 Å². The zero-order valence-corrected chi connectivity index (χ0v) is 13.2. The molecule has 0 atom stereocenters. The fourth-order valence-corrected chi connectivity index (χ4v) is 5.71. The molecule has 0 saturated heterocycles. The van der Waals surface area contributed by atoms with Gasteiger partial charge in [-0.15, -0.1) is 0 Å². The van der Waals surface area contributed by atoms with Crippen LogP contribution in [0.5, 0.6) is 0 Å². The van der Waals surface area contributed by atoms with Gasteiger partial charge in [-0.3, -0.25) is 9.89 Å². The molecule has 0 radical (unpaired) electrons. The van der Waals surface area contributed by atoms with E-state index in [0.29, 0.717) is 6.04 Å². The van der Waals surface area contributed by atoms with E-state index in [9.17, 15) is 4.79 Å². The second-order valence-electron chi connectivity index (χ2n) is 7.65. The van der Waals surface area contributed by atoms with Crippen molar-refractivity contribution in [3.05, 3.63) is 17.0 Å². The number of hydrogen-bond acceptors (Lipinski definition) is 2. The van der Waals surface area contributed by atoms with Crippen molar-refractivity contribution in [3.63, 3.8) is 0 Å². The van der Waals surface area contributed by atoms with E-state index in [1.165, 1.54) is 32.1 Å². The highest BCUT2D eigenvalue weighted by atomic mass is 16.2. The van der Waals surface area contributed by atoms with Gasteiger partial charge in [0.2, 0.25) is 0 Å². The fraction of sp³-hybridized carbons (Fsp3) is 0.765. The first-order valence-electron chi connectivity index (χ1n) is 8.33. The van der Waals surface area contributed by atoms with E-state index in [1.54, 1.807) is 0 Å². The average molecular weight is 287 g/mol. The van der Waals surface area contributed by atoms with Crippen LogP contribution in [0.15, 0.2) is 0 Å². The molecule has 0 aliphatic heterocycles. The highest BCUT2D eigenvalue weighted by molar-refractivity contribution is 5.96. The van der Waals surface area contributed by atoms with Crippen LogP contribution in [0.2, 0.25) is 0 Å². The van der Waals surface area contributed by atoms with E-state index in [-0.39, 0.29) is 5.91 Å². The van der Waals surface area contributed by atoms with Crippen LogP contribution in [0, 0.1) is 37.5 Å². The smallest absolute Gasteiger partial charge is 0.257 e. The number of amides is 1. The summed E-state index contributed by atoms with van der Waals surface area (Å²) in [6, 6.07) is 0.457. The molecule has 5 rings (SSSR count). The van der Waals surface area contributed by atoms with E-state index in [2.05, 4.69) is 15.1 Å². The largest absolute Gasteiger partial charge is 0.338 e. The third-order valence-corrected chi connectivity index (χ3v) is 6.29. The molecular formula is C17H25N3O. The molecule has 114 valence electrons. The summed E-state index contributed by atoms with van der Waals surface area (Å²) in [5, 5.41) is 7.13. The van der Waals surface area contributed by atoms with Crippen LogP contribution >= 0.6 is 0 Å². The summed E-state index contributed by atoms with van der Waals surface area (Å²) in [4.78, 5) is 15.0. The summed E-state index contributed by atoms with van der Waals surface area (Å²) in [5.74, 6) is 3.54. The molecule has 4 nitrogen and oxygen atoms in total. The molecular weight excluding hydrogens is 262 g/mol. The van der Waals surface area contributed by atoms with Crippen LogP contribution in [-0.4, -0.2) is 34.1 Å². The van der Waals surface area contributed by atoms with Gasteiger partial charge in [-0.25, -0.2) is 0 Å². The maximum atomic E-state index is 12.9. The molecule has 4 fully saturated rings. The fourth-order valence-electron chi connectivity index (χ4n) is 5.71. The van der Waals surface area contributed by atoms with Crippen molar-refractivity contribution in [2.75, 3.05) is 7.05 Å². The Bertz CT molecular complexity index is 529. The number of H-pyrrole nitrogens is 1. The van der Waals surface area contributed by atoms with Gasteiger partial charge >= 0.3 is 0 Å². The number of carbonyl (C=O) groups excluding carboxylic acids is 1. The molecule has 4 saturated carbocycles. The number of aromatic amines is 1. The van der Waals surface area contributed by atoms with Crippen molar-refractivity contribution in [1.29, 1.82) is 0 Å². The van der Waals surface area contributed by atoms with Crippen LogP contribution in [0.3, 0.4) is 0 Å². The highest BCUT2D eigenvalue weighted by Crippen LogP contribution is 2.55.